The Hall–Kier alpha value is -1.91. The van der Waals surface area contributed by atoms with Gasteiger partial charge in [0.2, 0.25) is 5.82 Å². The van der Waals surface area contributed by atoms with Crippen molar-refractivity contribution in [2.75, 3.05) is 0 Å². The molecule has 1 aliphatic carbocycles. The first-order valence-corrected chi connectivity index (χ1v) is 9.64. The van der Waals surface area contributed by atoms with Gasteiger partial charge in [-0.3, -0.25) is 0 Å². The van der Waals surface area contributed by atoms with Crippen molar-refractivity contribution < 1.29 is 4.74 Å². The Balaban J connectivity index is 1.49. The average Bonchev–Trinajstić information content (AvgIpc) is 3.05. The minimum Gasteiger partial charge on any atom is -0.485 e. The molecular formula is C20H30N4O. The van der Waals surface area contributed by atoms with Gasteiger partial charge in [0.25, 0.3) is 0 Å². The van der Waals surface area contributed by atoms with E-state index < -0.39 is 0 Å². The van der Waals surface area contributed by atoms with Crippen molar-refractivity contribution in [2.24, 2.45) is 18.9 Å². The van der Waals surface area contributed by atoms with Crippen LogP contribution in [0.1, 0.15) is 63.3 Å². The number of para-hydroxylation sites is 1. The molecule has 25 heavy (non-hydrogen) atoms. The van der Waals surface area contributed by atoms with E-state index in [2.05, 4.69) is 34.5 Å². The fraction of sp³-hybridized carbons (Fsp3) is 0.650. The van der Waals surface area contributed by atoms with Crippen molar-refractivity contribution in [2.45, 2.75) is 64.9 Å². The largest absolute Gasteiger partial charge is 0.485 e. The summed E-state index contributed by atoms with van der Waals surface area (Å²) >= 11 is 0. The fourth-order valence-corrected chi connectivity index (χ4v) is 3.89. The van der Waals surface area contributed by atoms with E-state index in [0.717, 1.165) is 24.0 Å². The van der Waals surface area contributed by atoms with Gasteiger partial charge in [-0.15, -0.1) is 10.2 Å². The smallest absolute Gasteiger partial charge is 0.212 e. The van der Waals surface area contributed by atoms with Crippen molar-refractivity contribution in [3.63, 3.8) is 0 Å². The number of ether oxygens (including phenoxy) is 1. The monoisotopic (exact) mass is 342 g/mol. The van der Waals surface area contributed by atoms with Crippen LogP contribution in [0.15, 0.2) is 24.3 Å². The maximum atomic E-state index is 5.94. The third-order valence-electron chi connectivity index (χ3n) is 5.25. The SMILES string of the molecule is CC(CCc1ccccc1OCc1nnn(C)n1)CC1CCCCC1. The first-order valence-electron chi connectivity index (χ1n) is 9.64. The highest BCUT2D eigenvalue weighted by Crippen LogP contribution is 2.31. The fourth-order valence-electron chi connectivity index (χ4n) is 3.89. The summed E-state index contributed by atoms with van der Waals surface area (Å²) in [5.41, 5.74) is 1.28. The molecule has 0 N–H and O–H groups in total. The van der Waals surface area contributed by atoms with Gasteiger partial charge < -0.3 is 4.74 Å². The number of benzene rings is 1. The number of hydrogen-bond donors (Lipinski definition) is 0. The molecule has 5 nitrogen and oxygen atoms in total. The van der Waals surface area contributed by atoms with Crippen LogP contribution in [0.25, 0.3) is 0 Å². The van der Waals surface area contributed by atoms with Crippen LogP contribution in [-0.2, 0) is 20.1 Å². The Bertz CT molecular complexity index is 649. The molecule has 1 aromatic carbocycles. The third-order valence-corrected chi connectivity index (χ3v) is 5.25. The molecule has 1 aliphatic rings. The molecule has 0 spiro atoms. The van der Waals surface area contributed by atoms with E-state index in [1.165, 1.54) is 55.3 Å². The van der Waals surface area contributed by atoms with Crippen LogP contribution >= 0.6 is 0 Å². The van der Waals surface area contributed by atoms with Gasteiger partial charge in [-0.25, -0.2) is 0 Å². The van der Waals surface area contributed by atoms with Gasteiger partial charge >= 0.3 is 0 Å². The molecule has 0 amide bonds. The maximum Gasteiger partial charge on any atom is 0.212 e. The lowest BCUT2D eigenvalue weighted by Crippen LogP contribution is -2.11. The Labute approximate surface area is 150 Å². The summed E-state index contributed by atoms with van der Waals surface area (Å²) in [7, 11) is 1.76. The molecule has 1 fully saturated rings. The summed E-state index contributed by atoms with van der Waals surface area (Å²) < 4.78 is 5.94. The number of rotatable bonds is 8. The molecule has 1 atom stereocenters. The lowest BCUT2D eigenvalue weighted by molar-refractivity contribution is 0.283. The van der Waals surface area contributed by atoms with Gasteiger partial charge in [-0.1, -0.05) is 57.2 Å². The average molecular weight is 342 g/mol. The number of aromatic nitrogens is 4. The molecule has 0 radical (unpaired) electrons. The van der Waals surface area contributed by atoms with Gasteiger partial charge in [-0.05, 0) is 47.9 Å². The van der Waals surface area contributed by atoms with Crippen LogP contribution < -0.4 is 4.74 Å². The second kappa shape index (κ2) is 8.97. The zero-order valence-electron chi connectivity index (χ0n) is 15.5. The van der Waals surface area contributed by atoms with E-state index in [1.54, 1.807) is 7.05 Å². The summed E-state index contributed by atoms with van der Waals surface area (Å²) in [6.07, 6.45) is 10.9. The second-order valence-electron chi connectivity index (χ2n) is 7.48. The van der Waals surface area contributed by atoms with Crippen LogP contribution in [-0.4, -0.2) is 20.2 Å². The highest BCUT2D eigenvalue weighted by Gasteiger charge is 2.17. The molecule has 136 valence electrons. The minimum absolute atomic E-state index is 0.364. The predicted octanol–water partition coefficient (Wildman–Crippen LogP) is 4.33. The molecule has 1 heterocycles. The zero-order valence-corrected chi connectivity index (χ0v) is 15.5. The third kappa shape index (κ3) is 5.55. The van der Waals surface area contributed by atoms with Crippen molar-refractivity contribution in [3.8, 4) is 5.75 Å². The van der Waals surface area contributed by atoms with Crippen LogP contribution in [0, 0.1) is 11.8 Å². The highest BCUT2D eigenvalue weighted by atomic mass is 16.5. The molecular weight excluding hydrogens is 312 g/mol. The van der Waals surface area contributed by atoms with Crippen molar-refractivity contribution in [1.29, 1.82) is 0 Å². The summed E-state index contributed by atoms with van der Waals surface area (Å²) in [6, 6.07) is 8.33. The molecule has 0 saturated heterocycles. The Morgan fingerprint density at radius 1 is 1.20 bits per heavy atom. The topological polar surface area (TPSA) is 52.8 Å². The van der Waals surface area contributed by atoms with E-state index >= 15 is 0 Å². The summed E-state index contributed by atoms with van der Waals surface area (Å²) in [6.45, 7) is 2.77. The Morgan fingerprint density at radius 3 is 2.76 bits per heavy atom. The van der Waals surface area contributed by atoms with Gasteiger partial charge in [0.1, 0.15) is 5.75 Å². The van der Waals surface area contributed by atoms with E-state index in [4.69, 9.17) is 4.74 Å². The van der Waals surface area contributed by atoms with Gasteiger partial charge in [-0.2, -0.15) is 4.80 Å². The predicted molar refractivity (Wildman–Crippen MR) is 98.2 cm³/mol. The highest BCUT2D eigenvalue weighted by molar-refractivity contribution is 5.33. The molecule has 5 heteroatoms. The number of nitrogens with zero attached hydrogens (tertiary/aromatic N) is 4. The minimum atomic E-state index is 0.364. The quantitative estimate of drug-likeness (QED) is 0.716. The molecule has 1 aromatic heterocycles. The Kier molecular flexibility index (Phi) is 6.42. The van der Waals surface area contributed by atoms with E-state index in [-0.39, 0.29) is 0 Å². The maximum absolute atomic E-state index is 5.94. The number of hydrogen-bond acceptors (Lipinski definition) is 4. The first-order chi connectivity index (χ1) is 12.2. The van der Waals surface area contributed by atoms with Crippen LogP contribution in [0.5, 0.6) is 5.75 Å². The summed E-state index contributed by atoms with van der Waals surface area (Å²) in [4.78, 5) is 1.46. The van der Waals surface area contributed by atoms with E-state index in [0.29, 0.717) is 12.4 Å². The lowest BCUT2D eigenvalue weighted by Gasteiger charge is -2.24. The van der Waals surface area contributed by atoms with Crippen LogP contribution in [0.3, 0.4) is 0 Å². The number of aryl methyl sites for hydroxylation is 2. The first kappa shape index (κ1) is 17.9. The van der Waals surface area contributed by atoms with E-state index in [9.17, 15) is 0 Å². The second-order valence-corrected chi connectivity index (χ2v) is 7.48. The van der Waals surface area contributed by atoms with Crippen LogP contribution in [0.4, 0.5) is 0 Å². The molecule has 3 rings (SSSR count). The summed E-state index contributed by atoms with van der Waals surface area (Å²) in [5.74, 6) is 3.29. The van der Waals surface area contributed by atoms with Crippen LogP contribution in [0.2, 0.25) is 0 Å². The summed E-state index contributed by atoms with van der Waals surface area (Å²) in [5, 5.41) is 12.0. The Morgan fingerprint density at radius 2 is 2.00 bits per heavy atom. The van der Waals surface area contributed by atoms with Crippen molar-refractivity contribution >= 4 is 0 Å². The molecule has 1 unspecified atom stereocenters. The molecule has 0 bridgehead atoms. The van der Waals surface area contributed by atoms with Gasteiger partial charge in [0.15, 0.2) is 6.61 Å². The van der Waals surface area contributed by atoms with Crippen molar-refractivity contribution in [1.82, 2.24) is 20.2 Å². The standard InChI is InChI=1S/C20H30N4O/c1-16(14-17-8-4-3-5-9-17)12-13-18-10-6-7-11-19(18)25-15-20-21-23-24(2)22-20/h6-7,10-11,16-17H,3-5,8-9,12-15H2,1-2H3. The zero-order chi connectivity index (χ0) is 17.5. The molecule has 0 aliphatic heterocycles. The van der Waals surface area contributed by atoms with Gasteiger partial charge in [0.05, 0.1) is 7.05 Å². The normalized spacial score (nSPS) is 16.7. The van der Waals surface area contributed by atoms with E-state index in [1.807, 2.05) is 12.1 Å². The van der Waals surface area contributed by atoms with Crippen molar-refractivity contribution in [3.05, 3.63) is 35.7 Å². The van der Waals surface area contributed by atoms with Gasteiger partial charge in [0, 0.05) is 0 Å². The molecule has 2 aromatic rings. The lowest BCUT2D eigenvalue weighted by atomic mass is 9.82. The molecule has 1 saturated carbocycles. The number of tetrazole rings is 1.